The van der Waals surface area contributed by atoms with E-state index in [-0.39, 0.29) is 0 Å². The number of fused-ring (bicyclic) bond motifs is 1. The van der Waals surface area contributed by atoms with Crippen LogP contribution in [0.15, 0.2) is 22.8 Å². The molecule has 62 valence electrons. The molecule has 0 aliphatic heterocycles. The van der Waals surface area contributed by atoms with E-state index in [1.807, 2.05) is 12.1 Å². The minimum atomic E-state index is 0.555. The van der Waals surface area contributed by atoms with Gasteiger partial charge in [0.25, 0.3) is 0 Å². The van der Waals surface area contributed by atoms with Crippen molar-refractivity contribution in [3.63, 3.8) is 0 Å². The first-order chi connectivity index (χ1) is 5.81. The molecule has 0 bridgehead atoms. The number of nitrogens with one attached hydrogen (secondary N) is 1. The molecule has 2 rings (SSSR count). The van der Waals surface area contributed by atoms with E-state index in [1.54, 1.807) is 6.20 Å². The second kappa shape index (κ2) is 2.88. The molecule has 3 N–H and O–H groups in total. The number of H-pyrrole nitrogens is 1. The predicted octanol–water partition coefficient (Wildman–Crippen LogP) is 1.78. The van der Waals surface area contributed by atoms with Gasteiger partial charge in [0.1, 0.15) is 0 Å². The van der Waals surface area contributed by atoms with Crippen LogP contribution in [0, 0.1) is 0 Å². The topological polar surface area (TPSA) is 54.7 Å². The Kier molecular flexibility index (Phi) is 1.86. The Morgan fingerprint density at radius 3 is 3.08 bits per heavy atom. The van der Waals surface area contributed by atoms with Gasteiger partial charge in [-0.15, -0.1) is 0 Å². The Bertz CT molecular complexity index is 408. The van der Waals surface area contributed by atoms with Gasteiger partial charge in [-0.3, -0.25) is 5.10 Å². The maximum absolute atomic E-state index is 5.53. The molecule has 1 aromatic carbocycles. The summed E-state index contributed by atoms with van der Waals surface area (Å²) in [7, 11) is 0. The molecule has 0 atom stereocenters. The van der Waals surface area contributed by atoms with Crippen LogP contribution in [0.5, 0.6) is 0 Å². The Balaban J connectivity index is 2.75. The predicted molar refractivity (Wildman–Crippen MR) is 51.7 cm³/mol. The van der Waals surface area contributed by atoms with Crippen LogP contribution in [0.3, 0.4) is 0 Å². The summed E-state index contributed by atoms with van der Waals surface area (Å²) in [6.07, 6.45) is 1.79. The first kappa shape index (κ1) is 7.76. The number of rotatable bonds is 1. The van der Waals surface area contributed by atoms with Crippen LogP contribution in [-0.4, -0.2) is 10.2 Å². The summed E-state index contributed by atoms with van der Waals surface area (Å²) in [5.41, 5.74) is 7.65. The van der Waals surface area contributed by atoms with E-state index >= 15 is 0 Å². The third kappa shape index (κ3) is 1.13. The van der Waals surface area contributed by atoms with Gasteiger partial charge >= 0.3 is 0 Å². The summed E-state index contributed by atoms with van der Waals surface area (Å²) >= 11 is 3.44. The molecular weight excluding hydrogens is 218 g/mol. The Labute approximate surface area is 78.1 Å². The molecule has 0 radical (unpaired) electrons. The fraction of sp³-hybridized carbons (Fsp3) is 0.125. The number of hydrogen-bond acceptors (Lipinski definition) is 2. The normalized spacial score (nSPS) is 10.8. The minimum Gasteiger partial charge on any atom is -0.326 e. The SMILES string of the molecule is NCc1cc(Br)c2[nH]ncc2c1. The molecule has 0 spiro atoms. The molecule has 0 aliphatic carbocycles. The van der Waals surface area contributed by atoms with Gasteiger partial charge in [0, 0.05) is 16.4 Å². The van der Waals surface area contributed by atoms with Gasteiger partial charge in [-0.2, -0.15) is 5.10 Å². The standard InChI is InChI=1S/C8H8BrN3/c9-7-2-5(3-10)1-6-4-11-12-8(6)7/h1-2,4H,3,10H2,(H,11,12). The van der Waals surface area contributed by atoms with E-state index < -0.39 is 0 Å². The molecule has 0 saturated carbocycles. The molecule has 1 heterocycles. The second-order valence-electron chi connectivity index (χ2n) is 2.62. The van der Waals surface area contributed by atoms with Crippen molar-refractivity contribution in [3.05, 3.63) is 28.4 Å². The lowest BCUT2D eigenvalue weighted by molar-refractivity contribution is 1.07. The van der Waals surface area contributed by atoms with E-state index in [2.05, 4.69) is 26.1 Å². The minimum absolute atomic E-state index is 0.555. The van der Waals surface area contributed by atoms with Crippen molar-refractivity contribution >= 4 is 26.8 Å². The highest BCUT2D eigenvalue weighted by molar-refractivity contribution is 9.10. The van der Waals surface area contributed by atoms with E-state index in [0.717, 1.165) is 20.9 Å². The summed E-state index contributed by atoms with van der Waals surface area (Å²) < 4.78 is 1.01. The lowest BCUT2D eigenvalue weighted by Gasteiger charge is -1.98. The van der Waals surface area contributed by atoms with Crippen molar-refractivity contribution in [2.45, 2.75) is 6.54 Å². The lowest BCUT2D eigenvalue weighted by Crippen LogP contribution is -1.95. The van der Waals surface area contributed by atoms with Gasteiger partial charge in [-0.25, -0.2) is 0 Å². The van der Waals surface area contributed by atoms with E-state index in [9.17, 15) is 0 Å². The highest BCUT2D eigenvalue weighted by atomic mass is 79.9. The smallest absolute Gasteiger partial charge is 0.0792 e. The fourth-order valence-corrected chi connectivity index (χ4v) is 1.80. The summed E-state index contributed by atoms with van der Waals surface area (Å²) in [6.45, 7) is 0.555. The van der Waals surface area contributed by atoms with Crippen LogP contribution in [0.4, 0.5) is 0 Å². The molecule has 0 saturated heterocycles. The van der Waals surface area contributed by atoms with Gasteiger partial charge < -0.3 is 5.73 Å². The van der Waals surface area contributed by atoms with Crippen molar-refractivity contribution in [1.82, 2.24) is 10.2 Å². The van der Waals surface area contributed by atoms with E-state index in [1.165, 1.54) is 0 Å². The van der Waals surface area contributed by atoms with Crippen LogP contribution >= 0.6 is 15.9 Å². The molecule has 1 aromatic heterocycles. The van der Waals surface area contributed by atoms with Crippen molar-refractivity contribution in [1.29, 1.82) is 0 Å². The van der Waals surface area contributed by atoms with Crippen LogP contribution in [0.2, 0.25) is 0 Å². The highest BCUT2D eigenvalue weighted by Crippen LogP contribution is 2.23. The van der Waals surface area contributed by atoms with Crippen LogP contribution in [-0.2, 0) is 6.54 Å². The quantitative estimate of drug-likeness (QED) is 0.778. The third-order valence-electron chi connectivity index (χ3n) is 1.80. The van der Waals surface area contributed by atoms with Crippen LogP contribution in [0.25, 0.3) is 10.9 Å². The average molecular weight is 226 g/mol. The fourth-order valence-electron chi connectivity index (χ4n) is 1.19. The van der Waals surface area contributed by atoms with Gasteiger partial charge in [0.2, 0.25) is 0 Å². The third-order valence-corrected chi connectivity index (χ3v) is 2.42. The zero-order chi connectivity index (χ0) is 8.55. The molecule has 0 aliphatic rings. The van der Waals surface area contributed by atoms with E-state index in [0.29, 0.717) is 6.54 Å². The van der Waals surface area contributed by atoms with Crippen molar-refractivity contribution < 1.29 is 0 Å². The Morgan fingerprint density at radius 1 is 1.50 bits per heavy atom. The van der Waals surface area contributed by atoms with E-state index in [4.69, 9.17) is 5.73 Å². The maximum atomic E-state index is 5.53. The zero-order valence-corrected chi connectivity index (χ0v) is 7.93. The number of nitrogens with zero attached hydrogens (tertiary/aromatic N) is 1. The number of nitrogens with two attached hydrogens (primary N) is 1. The van der Waals surface area contributed by atoms with Gasteiger partial charge in [0.05, 0.1) is 11.7 Å². The summed E-state index contributed by atoms with van der Waals surface area (Å²) in [5.74, 6) is 0. The molecule has 0 amide bonds. The molecule has 0 unspecified atom stereocenters. The van der Waals surface area contributed by atoms with Gasteiger partial charge in [-0.1, -0.05) is 0 Å². The number of halogens is 1. The maximum Gasteiger partial charge on any atom is 0.0792 e. The molecule has 12 heavy (non-hydrogen) atoms. The molecule has 4 heteroatoms. The largest absolute Gasteiger partial charge is 0.326 e. The van der Waals surface area contributed by atoms with Gasteiger partial charge in [0.15, 0.2) is 0 Å². The zero-order valence-electron chi connectivity index (χ0n) is 6.34. The Morgan fingerprint density at radius 2 is 2.33 bits per heavy atom. The Hall–Kier alpha value is -0.870. The van der Waals surface area contributed by atoms with Crippen molar-refractivity contribution in [3.8, 4) is 0 Å². The molecule has 2 aromatic rings. The summed E-state index contributed by atoms with van der Waals surface area (Å²) in [4.78, 5) is 0. The first-order valence-electron chi connectivity index (χ1n) is 3.63. The second-order valence-corrected chi connectivity index (χ2v) is 3.47. The molecule has 0 fully saturated rings. The van der Waals surface area contributed by atoms with Gasteiger partial charge in [-0.05, 0) is 33.6 Å². The van der Waals surface area contributed by atoms with Crippen LogP contribution in [0.1, 0.15) is 5.56 Å². The number of benzene rings is 1. The summed E-state index contributed by atoms with van der Waals surface area (Å²) in [6, 6.07) is 4.03. The highest BCUT2D eigenvalue weighted by Gasteiger charge is 2.01. The average Bonchev–Trinajstić information content (AvgIpc) is 2.52. The summed E-state index contributed by atoms with van der Waals surface area (Å²) in [5, 5.41) is 7.93. The lowest BCUT2D eigenvalue weighted by atomic mass is 10.2. The monoisotopic (exact) mass is 225 g/mol. The van der Waals surface area contributed by atoms with Crippen molar-refractivity contribution in [2.24, 2.45) is 5.73 Å². The number of aromatic amines is 1. The number of hydrogen-bond donors (Lipinski definition) is 2. The molecular formula is C8H8BrN3. The van der Waals surface area contributed by atoms with Crippen LogP contribution < -0.4 is 5.73 Å². The molecule has 3 nitrogen and oxygen atoms in total. The number of aromatic nitrogens is 2. The first-order valence-corrected chi connectivity index (χ1v) is 4.42. The van der Waals surface area contributed by atoms with Crippen molar-refractivity contribution in [2.75, 3.05) is 0 Å².